The van der Waals surface area contributed by atoms with Gasteiger partial charge in [-0.15, -0.1) is 0 Å². The van der Waals surface area contributed by atoms with Crippen molar-refractivity contribution in [3.05, 3.63) is 71.5 Å². The number of sulfonamides is 1. The number of carboxylic acid groups (broad SMARTS) is 1. The van der Waals surface area contributed by atoms with Gasteiger partial charge in [-0.3, -0.25) is 4.72 Å². The fourth-order valence-electron chi connectivity index (χ4n) is 2.62. The van der Waals surface area contributed by atoms with Crippen LogP contribution in [0.1, 0.15) is 15.9 Å². The quantitative estimate of drug-likeness (QED) is 0.742. The molecule has 2 N–H and O–H groups in total. The number of rotatable bonds is 4. The molecule has 0 aliphatic carbocycles. The van der Waals surface area contributed by atoms with E-state index in [-0.39, 0.29) is 21.7 Å². The Bertz CT molecular complexity index is 1060. The molecule has 0 saturated carbocycles. The van der Waals surface area contributed by atoms with E-state index in [1.165, 1.54) is 19.1 Å². The summed E-state index contributed by atoms with van der Waals surface area (Å²) in [6.07, 6.45) is 0. The Morgan fingerprint density at radius 1 is 1.08 bits per heavy atom. The molecule has 3 aromatic rings. The van der Waals surface area contributed by atoms with Gasteiger partial charge in [0, 0.05) is 5.39 Å². The summed E-state index contributed by atoms with van der Waals surface area (Å²) < 4.78 is 42.0. The minimum atomic E-state index is -4.06. The summed E-state index contributed by atoms with van der Waals surface area (Å²) in [6.45, 7) is 1.44. The number of carboxylic acids is 1. The van der Waals surface area contributed by atoms with Crippen LogP contribution in [0.3, 0.4) is 0 Å². The van der Waals surface area contributed by atoms with E-state index in [9.17, 15) is 17.6 Å². The monoisotopic (exact) mass is 359 g/mol. The Labute approximate surface area is 143 Å². The summed E-state index contributed by atoms with van der Waals surface area (Å²) in [7, 11) is -4.06. The van der Waals surface area contributed by atoms with Crippen LogP contribution in [0.25, 0.3) is 10.8 Å². The molecule has 5 nitrogen and oxygen atoms in total. The molecule has 3 rings (SSSR count). The lowest BCUT2D eigenvalue weighted by Crippen LogP contribution is -2.16. The van der Waals surface area contributed by atoms with E-state index in [4.69, 9.17) is 5.11 Å². The molecule has 0 aliphatic heterocycles. The van der Waals surface area contributed by atoms with Crippen LogP contribution in [0.2, 0.25) is 0 Å². The standard InChI is InChI=1S/C18H14FNO4S/c1-11-9-13(18(21)22)10-15(19)17(11)20-25(23,24)16-8-4-6-12-5-2-3-7-14(12)16/h2-10,20H,1H3,(H,21,22). The minimum Gasteiger partial charge on any atom is -0.478 e. The molecule has 0 unspecified atom stereocenters. The van der Waals surface area contributed by atoms with Gasteiger partial charge in [0.1, 0.15) is 5.82 Å². The van der Waals surface area contributed by atoms with Crippen molar-refractivity contribution in [1.29, 1.82) is 0 Å². The first kappa shape index (κ1) is 16.9. The number of aromatic carboxylic acids is 1. The molecule has 0 heterocycles. The number of anilines is 1. The van der Waals surface area contributed by atoms with Crippen LogP contribution < -0.4 is 4.72 Å². The number of nitrogens with one attached hydrogen (secondary N) is 1. The molecule has 0 spiro atoms. The van der Waals surface area contributed by atoms with Gasteiger partial charge in [0.25, 0.3) is 10.0 Å². The van der Waals surface area contributed by atoms with E-state index in [1.54, 1.807) is 36.4 Å². The van der Waals surface area contributed by atoms with Crippen LogP contribution in [0.5, 0.6) is 0 Å². The van der Waals surface area contributed by atoms with Crippen LogP contribution in [0, 0.1) is 12.7 Å². The maximum Gasteiger partial charge on any atom is 0.335 e. The topological polar surface area (TPSA) is 83.5 Å². The normalized spacial score (nSPS) is 11.4. The Balaban J connectivity index is 2.09. The summed E-state index contributed by atoms with van der Waals surface area (Å²) in [5, 5.41) is 10.2. The van der Waals surface area contributed by atoms with Crippen LogP contribution in [0.4, 0.5) is 10.1 Å². The highest BCUT2D eigenvalue weighted by Crippen LogP contribution is 2.28. The van der Waals surface area contributed by atoms with E-state index >= 15 is 0 Å². The van der Waals surface area contributed by atoms with Crippen LogP contribution in [-0.4, -0.2) is 19.5 Å². The molecule has 0 atom stereocenters. The third-order valence-electron chi connectivity index (χ3n) is 3.81. The average Bonchev–Trinajstić information content (AvgIpc) is 2.57. The van der Waals surface area contributed by atoms with E-state index in [1.807, 2.05) is 0 Å². The summed E-state index contributed by atoms with van der Waals surface area (Å²) in [4.78, 5) is 11.0. The molecule has 25 heavy (non-hydrogen) atoms. The highest BCUT2D eigenvalue weighted by molar-refractivity contribution is 7.93. The fraction of sp³-hybridized carbons (Fsp3) is 0.0556. The molecule has 128 valence electrons. The predicted molar refractivity (Wildman–Crippen MR) is 92.9 cm³/mol. The van der Waals surface area contributed by atoms with Crippen molar-refractivity contribution in [3.8, 4) is 0 Å². The number of fused-ring (bicyclic) bond motifs is 1. The first-order valence-corrected chi connectivity index (χ1v) is 8.82. The summed E-state index contributed by atoms with van der Waals surface area (Å²) in [5.74, 6) is -2.23. The SMILES string of the molecule is Cc1cc(C(=O)O)cc(F)c1NS(=O)(=O)c1cccc2ccccc12. The van der Waals surface area contributed by atoms with Gasteiger partial charge in [-0.25, -0.2) is 17.6 Å². The second-order valence-corrected chi connectivity index (χ2v) is 7.19. The highest BCUT2D eigenvalue weighted by Gasteiger charge is 2.21. The number of benzene rings is 3. The first-order valence-electron chi connectivity index (χ1n) is 7.33. The van der Waals surface area contributed by atoms with E-state index in [2.05, 4.69) is 4.72 Å². The number of aryl methyl sites for hydroxylation is 1. The van der Waals surface area contributed by atoms with E-state index in [0.29, 0.717) is 5.39 Å². The number of hydrogen-bond donors (Lipinski definition) is 2. The number of halogens is 1. The number of carbonyl (C=O) groups is 1. The smallest absolute Gasteiger partial charge is 0.335 e. The van der Waals surface area contributed by atoms with Crippen molar-refractivity contribution in [1.82, 2.24) is 0 Å². The van der Waals surface area contributed by atoms with Crippen molar-refractivity contribution in [2.45, 2.75) is 11.8 Å². The molecule has 3 aromatic carbocycles. The zero-order valence-electron chi connectivity index (χ0n) is 13.2. The second kappa shape index (κ2) is 6.18. The molecule has 0 aliphatic rings. The average molecular weight is 359 g/mol. The molecule has 7 heteroatoms. The van der Waals surface area contributed by atoms with E-state index < -0.39 is 21.8 Å². The maximum atomic E-state index is 14.2. The molecular formula is C18H14FNO4S. The molecule has 0 amide bonds. The third kappa shape index (κ3) is 3.18. The Morgan fingerprint density at radius 3 is 2.44 bits per heavy atom. The van der Waals surface area contributed by atoms with Gasteiger partial charge in [0.05, 0.1) is 16.1 Å². The van der Waals surface area contributed by atoms with Crippen LogP contribution >= 0.6 is 0 Å². The Morgan fingerprint density at radius 2 is 1.76 bits per heavy atom. The van der Waals surface area contributed by atoms with Crippen molar-refractivity contribution < 1.29 is 22.7 Å². The van der Waals surface area contributed by atoms with Crippen molar-refractivity contribution in [2.75, 3.05) is 4.72 Å². The number of hydrogen-bond acceptors (Lipinski definition) is 3. The lowest BCUT2D eigenvalue weighted by atomic mass is 10.1. The van der Waals surface area contributed by atoms with Gasteiger partial charge in [0.15, 0.2) is 0 Å². The zero-order valence-corrected chi connectivity index (χ0v) is 14.0. The van der Waals surface area contributed by atoms with Crippen molar-refractivity contribution in [3.63, 3.8) is 0 Å². The van der Waals surface area contributed by atoms with Crippen molar-refractivity contribution in [2.24, 2.45) is 0 Å². The lowest BCUT2D eigenvalue weighted by molar-refractivity contribution is 0.0696. The summed E-state index contributed by atoms with van der Waals surface area (Å²) in [6, 6.07) is 13.8. The minimum absolute atomic E-state index is 0.0201. The third-order valence-corrected chi connectivity index (χ3v) is 5.22. The highest BCUT2D eigenvalue weighted by atomic mass is 32.2. The summed E-state index contributed by atoms with van der Waals surface area (Å²) in [5.41, 5.74) is -0.331. The first-order chi connectivity index (χ1) is 11.8. The van der Waals surface area contributed by atoms with Crippen LogP contribution in [-0.2, 0) is 10.0 Å². The Hall–Kier alpha value is -2.93. The Kier molecular flexibility index (Phi) is 4.18. The van der Waals surface area contributed by atoms with Gasteiger partial charge >= 0.3 is 5.97 Å². The van der Waals surface area contributed by atoms with Crippen LogP contribution in [0.15, 0.2) is 59.5 Å². The molecule has 0 radical (unpaired) electrons. The molecule has 0 aromatic heterocycles. The second-order valence-electron chi connectivity index (χ2n) is 5.54. The van der Waals surface area contributed by atoms with E-state index in [0.717, 1.165) is 11.5 Å². The zero-order chi connectivity index (χ0) is 18.2. The van der Waals surface area contributed by atoms with Gasteiger partial charge in [-0.1, -0.05) is 36.4 Å². The van der Waals surface area contributed by atoms with Gasteiger partial charge in [-0.2, -0.15) is 0 Å². The van der Waals surface area contributed by atoms with Gasteiger partial charge in [0.2, 0.25) is 0 Å². The summed E-state index contributed by atoms with van der Waals surface area (Å²) >= 11 is 0. The molecule has 0 bridgehead atoms. The molecular weight excluding hydrogens is 345 g/mol. The molecule has 0 saturated heterocycles. The largest absolute Gasteiger partial charge is 0.478 e. The fourth-order valence-corrected chi connectivity index (χ4v) is 3.99. The van der Waals surface area contributed by atoms with Crippen molar-refractivity contribution >= 4 is 32.5 Å². The molecule has 0 fully saturated rings. The van der Waals surface area contributed by atoms with Gasteiger partial charge < -0.3 is 5.11 Å². The predicted octanol–water partition coefficient (Wildman–Crippen LogP) is 3.79. The lowest BCUT2D eigenvalue weighted by Gasteiger charge is -2.14. The van der Waals surface area contributed by atoms with Gasteiger partial charge in [-0.05, 0) is 36.1 Å². The maximum absolute atomic E-state index is 14.2.